The summed E-state index contributed by atoms with van der Waals surface area (Å²) in [5.74, 6) is 1.66. The molecule has 0 spiro atoms. The van der Waals surface area contributed by atoms with E-state index in [1.807, 2.05) is 0 Å². The van der Waals surface area contributed by atoms with Crippen molar-refractivity contribution in [2.45, 2.75) is 38.8 Å². The lowest BCUT2D eigenvalue weighted by atomic mass is 9.97. The van der Waals surface area contributed by atoms with E-state index in [1.165, 1.54) is 25.1 Å². The molecule has 7 nitrogen and oxygen atoms in total. The molecule has 25 heavy (non-hydrogen) atoms. The second-order valence-electron chi connectivity index (χ2n) is 7.15. The third kappa shape index (κ3) is 3.65. The Morgan fingerprint density at radius 2 is 1.68 bits per heavy atom. The molecule has 0 bridgehead atoms. The Labute approximate surface area is 146 Å². The average Bonchev–Trinajstić information content (AvgIpc) is 3.44. The van der Waals surface area contributed by atoms with E-state index in [9.17, 15) is 9.59 Å². The van der Waals surface area contributed by atoms with E-state index < -0.39 is 0 Å². The van der Waals surface area contributed by atoms with E-state index >= 15 is 0 Å². The third-order valence-electron chi connectivity index (χ3n) is 5.21. The van der Waals surface area contributed by atoms with Crippen molar-refractivity contribution in [2.24, 2.45) is 11.8 Å². The lowest BCUT2D eigenvalue weighted by Gasteiger charge is -2.32. The van der Waals surface area contributed by atoms with Gasteiger partial charge in [0, 0.05) is 50.8 Å². The Kier molecular flexibility index (Phi) is 4.38. The molecule has 2 aromatic rings. The van der Waals surface area contributed by atoms with Gasteiger partial charge in [-0.1, -0.05) is 0 Å². The van der Waals surface area contributed by atoms with Crippen LogP contribution in [-0.4, -0.2) is 32.2 Å². The summed E-state index contributed by atoms with van der Waals surface area (Å²) in [6.07, 6.45) is 11.0. The van der Waals surface area contributed by atoms with Crippen LogP contribution in [0, 0.1) is 11.8 Å². The molecule has 2 fully saturated rings. The molecule has 132 valence electrons. The molecule has 4 rings (SSSR count). The van der Waals surface area contributed by atoms with E-state index in [4.69, 9.17) is 0 Å². The first-order valence-electron chi connectivity index (χ1n) is 9.01. The molecule has 3 heterocycles. The maximum atomic E-state index is 12.7. The number of hydrogen-bond donors (Lipinski definition) is 0. The molecule has 0 N–H and O–H groups in total. The minimum atomic E-state index is -0.00915. The van der Waals surface area contributed by atoms with Crippen LogP contribution in [0.25, 0.3) is 0 Å². The zero-order chi connectivity index (χ0) is 17.2. The lowest BCUT2D eigenvalue weighted by molar-refractivity contribution is 0.349. The molecule has 0 unspecified atom stereocenters. The first-order chi connectivity index (χ1) is 12.2. The number of aromatic nitrogens is 4. The Morgan fingerprint density at radius 1 is 0.960 bits per heavy atom. The molecule has 1 aliphatic carbocycles. The van der Waals surface area contributed by atoms with Gasteiger partial charge in [-0.2, -0.15) is 0 Å². The zero-order valence-electron chi connectivity index (χ0n) is 14.3. The fourth-order valence-electron chi connectivity index (χ4n) is 3.50. The van der Waals surface area contributed by atoms with Crippen molar-refractivity contribution in [1.29, 1.82) is 0 Å². The summed E-state index contributed by atoms with van der Waals surface area (Å²) in [5.41, 5.74) is 0.0152. The van der Waals surface area contributed by atoms with Crippen LogP contribution in [0.1, 0.15) is 25.7 Å². The maximum Gasteiger partial charge on any atom is 0.293 e. The van der Waals surface area contributed by atoms with E-state index in [2.05, 4.69) is 14.9 Å². The quantitative estimate of drug-likeness (QED) is 0.815. The van der Waals surface area contributed by atoms with Gasteiger partial charge in [-0.3, -0.25) is 14.2 Å². The van der Waals surface area contributed by atoms with Gasteiger partial charge in [0.05, 0.1) is 6.33 Å². The zero-order valence-corrected chi connectivity index (χ0v) is 14.3. The molecule has 7 heteroatoms. The predicted octanol–water partition coefficient (Wildman–Crippen LogP) is 1.13. The Balaban J connectivity index is 1.41. The van der Waals surface area contributed by atoms with Gasteiger partial charge in [-0.05, 0) is 37.5 Å². The second-order valence-corrected chi connectivity index (χ2v) is 7.15. The van der Waals surface area contributed by atoms with Crippen LogP contribution in [0.2, 0.25) is 0 Å². The molecule has 0 atom stereocenters. The standard InChI is InChI=1S/C18H23N5O2/c24-16-3-6-19-13-23(16)12-15-4-8-21(9-5-15)17-18(25)22(10-7-20-17)11-14-1-2-14/h3,6-7,10,13-15H,1-2,4-5,8-9,11-12H2. The van der Waals surface area contributed by atoms with Gasteiger partial charge in [-0.15, -0.1) is 0 Å². The topological polar surface area (TPSA) is 73.0 Å². The Hall–Kier alpha value is -2.44. The highest BCUT2D eigenvalue weighted by molar-refractivity contribution is 5.36. The Bertz CT molecular complexity index is 847. The van der Waals surface area contributed by atoms with E-state index in [1.54, 1.807) is 27.9 Å². The number of nitrogens with zero attached hydrogens (tertiary/aromatic N) is 5. The lowest BCUT2D eigenvalue weighted by Crippen LogP contribution is -2.40. The van der Waals surface area contributed by atoms with Gasteiger partial charge in [0.2, 0.25) is 0 Å². The van der Waals surface area contributed by atoms with Crippen molar-refractivity contribution in [3.05, 3.63) is 51.7 Å². The summed E-state index contributed by atoms with van der Waals surface area (Å²) in [7, 11) is 0. The van der Waals surface area contributed by atoms with Crippen LogP contribution in [-0.2, 0) is 13.1 Å². The van der Waals surface area contributed by atoms with E-state index in [0.717, 1.165) is 32.5 Å². The summed E-state index contributed by atoms with van der Waals surface area (Å²) < 4.78 is 3.48. The van der Waals surface area contributed by atoms with Gasteiger partial charge in [-0.25, -0.2) is 9.97 Å². The fraction of sp³-hybridized carbons (Fsp3) is 0.556. The van der Waals surface area contributed by atoms with Crippen molar-refractivity contribution in [2.75, 3.05) is 18.0 Å². The first kappa shape index (κ1) is 16.1. The second kappa shape index (κ2) is 6.82. The monoisotopic (exact) mass is 341 g/mol. The van der Waals surface area contributed by atoms with Gasteiger partial charge in [0.25, 0.3) is 11.1 Å². The van der Waals surface area contributed by atoms with Crippen LogP contribution in [0.4, 0.5) is 5.82 Å². The van der Waals surface area contributed by atoms with Gasteiger partial charge >= 0.3 is 0 Å². The van der Waals surface area contributed by atoms with Gasteiger partial charge in [0.15, 0.2) is 5.82 Å². The molecule has 2 aliphatic rings. The van der Waals surface area contributed by atoms with Crippen molar-refractivity contribution in [3.63, 3.8) is 0 Å². The van der Waals surface area contributed by atoms with Crippen LogP contribution < -0.4 is 16.0 Å². The number of rotatable bonds is 5. The smallest absolute Gasteiger partial charge is 0.293 e. The molecule has 0 radical (unpaired) electrons. The summed E-state index contributed by atoms with van der Waals surface area (Å²) in [6, 6.07) is 1.49. The summed E-state index contributed by atoms with van der Waals surface area (Å²) in [5, 5.41) is 0. The predicted molar refractivity (Wildman–Crippen MR) is 94.7 cm³/mol. The minimum absolute atomic E-state index is 0.00915. The third-order valence-corrected chi connectivity index (χ3v) is 5.21. The highest BCUT2D eigenvalue weighted by Gasteiger charge is 2.25. The van der Waals surface area contributed by atoms with Crippen molar-refractivity contribution in [1.82, 2.24) is 19.1 Å². The molecular formula is C18H23N5O2. The summed E-state index contributed by atoms with van der Waals surface area (Å²) in [4.78, 5) is 34.9. The highest BCUT2D eigenvalue weighted by atomic mass is 16.1. The van der Waals surface area contributed by atoms with Gasteiger partial charge in [0.1, 0.15) is 0 Å². The van der Waals surface area contributed by atoms with Crippen molar-refractivity contribution >= 4 is 5.82 Å². The SMILES string of the molecule is O=c1ccncn1CC1CCN(c2nccn(CC3CC3)c2=O)CC1. The molecule has 1 saturated carbocycles. The highest BCUT2D eigenvalue weighted by Crippen LogP contribution is 2.30. The molecular weight excluding hydrogens is 318 g/mol. The number of anilines is 1. The normalized spacial score (nSPS) is 18.5. The van der Waals surface area contributed by atoms with Crippen LogP contribution >= 0.6 is 0 Å². The minimum Gasteiger partial charge on any atom is -0.352 e. The average molecular weight is 341 g/mol. The fourth-order valence-corrected chi connectivity index (χ4v) is 3.50. The van der Waals surface area contributed by atoms with Crippen molar-refractivity contribution < 1.29 is 0 Å². The van der Waals surface area contributed by atoms with Crippen LogP contribution in [0.3, 0.4) is 0 Å². The first-order valence-corrected chi connectivity index (χ1v) is 9.01. The molecule has 1 aliphatic heterocycles. The van der Waals surface area contributed by atoms with Gasteiger partial charge < -0.3 is 9.47 Å². The van der Waals surface area contributed by atoms with Crippen LogP contribution in [0.15, 0.2) is 40.6 Å². The van der Waals surface area contributed by atoms with Crippen LogP contribution in [0.5, 0.6) is 0 Å². The maximum absolute atomic E-state index is 12.7. The van der Waals surface area contributed by atoms with E-state index in [0.29, 0.717) is 24.2 Å². The van der Waals surface area contributed by atoms with E-state index in [-0.39, 0.29) is 11.1 Å². The molecule has 0 amide bonds. The molecule has 1 saturated heterocycles. The molecule has 2 aromatic heterocycles. The number of piperidine rings is 1. The molecule has 0 aromatic carbocycles. The summed E-state index contributed by atoms with van der Waals surface area (Å²) in [6.45, 7) is 3.11. The largest absolute Gasteiger partial charge is 0.352 e. The summed E-state index contributed by atoms with van der Waals surface area (Å²) >= 11 is 0. The van der Waals surface area contributed by atoms with Crippen molar-refractivity contribution in [3.8, 4) is 0 Å². The number of hydrogen-bond acceptors (Lipinski definition) is 5. The Morgan fingerprint density at radius 3 is 2.40 bits per heavy atom.